The average Bonchev–Trinajstić information content (AvgIpc) is 2.25. The zero-order valence-corrected chi connectivity index (χ0v) is 9.03. The summed E-state index contributed by atoms with van der Waals surface area (Å²) >= 11 is 0. The van der Waals surface area contributed by atoms with Crippen molar-refractivity contribution in [2.45, 2.75) is 25.7 Å². The van der Waals surface area contributed by atoms with E-state index in [-0.39, 0.29) is 5.56 Å². The molecule has 0 heterocycles. The number of aliphatic carboxylic acids is 1. The van der Waals surface area contributed by atoms with Crippen molar-refractivity contribution in [2.75, 3.05) is 0 Å². The molecule has 0 spiro atoms. The number of rotatable bonds is 4. The Balaban J connectivity index is 2.88. The second kappa shape index (κ2) is 5.92. The minimum atomic E-state index is -1.01. The van der Waals surface area contributed by atoms with Crippen LogP contribution in [-0.2, 0) is 4.79 Å². The summed E-state index contributed by atoms with van der Waals surface area (Å²) in [6.07, 6.45) is 0.791. The first kappa shape index (κ1) is 12.3. The lowest BCUT2D eigenvalue weighted by Gasteiger charge is -2.11. The summed E-state index contributed by atoms with van der Waals surface area (Å²) in [7, 11) is 0. The summed E-state index contributed by atoms with van der Waals surface area (Å²) in [6.45, 7) is 1.69. The largest absolute Gasteiger partial charge is 0.481 e. The molecule has 0 aromatic heterocycles. The molecule has 1 aromatic rings. The normalized spacial score (nSPS) is 11.4. The quantitative estimate of drug-likeness (QED) is 0.792. The maximum atomic E-state index is 13.4. The van der Waals surface area contributed by atoms with E-state index in [9.17, 15) is 9.18 Å². The molecule has 0 fully saturated rings. The van der Waals surface area contributed by atoms with Gasteiger partial charge in [-0.15, -0.1) is 11.8 Å². The van der Waals surface area contributed by atoms with Gasteiger partial charge in [-0.25, -0.2) is 4.39 Å². The van der Waals surface area contributed by atoms with E-state index in [2.05, 4.69) is 11.8 Å². The van der Waals surface area contributed by atoms with E-state index < -0.39 is 17.7 Å². The van der Waals surface area contributed by atoms with Gasteiger partial charge >= 0.3 is 5.97 Å². The Morgan fingerprint density at radius 3 is 2.75 bits per heavy atom. The van der Waals surface area contributed by atoms with E-state index in [0.29, 0.717) is 12.8 Å². The molecule has 1 aromatic carbocycles. The minimum Gasteiger partial charge on any atom is -0.481 e. The highest BCUT2D eigenvalue weighted by atomic mass is 19.1. The molecule has 1 atom stereocenters. The second-order valence-electron chi connectivity index (χ2n) is 3.38. The van der Waals surface area contributed by atoms with E-state index in [1.54, 1.807) is 19.1 Å². The predicted octanol–water partition coefficient (Wildman–Crippen LogP) is 2.80. The fraction of sp³-hybridized carbons (Fsp3) is 0.308. The standard InChI is InChI=1S/C13H13FO2/c1-2-3-4-8-11(13(15)16)10-7-5-6-9-12(10)14/h5-7,9,11H,4,8H2,1H3,(H,15,16). The summed E-state index contributed by atoms with van der Waals surface area (Å²) in [6, 6.07) is 5.97. The fourth-order valence-corrected chi connectivity index (χ4v) is 1.51. The number of carbonyl (C=O) groups is 1. The highest BCUT2D eigenvalue weighted by molar-refractivity contribution is 5.76. The van der Waals surface area contributed by atoms with Gasteiger partial charge in [0.2, 0.25) is 0 Å². The van der Waals surface area contributed by atoms with Gasteiger partial charge in [-0.05, 0) is 19.4 Å². The average molecular weight is 220 g/mol. The molecule has 0 amide bonds. The molecule has 3 heteroatoms. The Kier molecular flexibility index (Phi) is 4.53. The number of hydrogen-bond donors (Lipinski definition) is 1. The molecule has 1 rings (SSSR count). The Bertz CT molecular complexity index is 429. The molecule has 0 bridgehead atoms. The van der Waals surface area contributed by atoms with E-state index in [4.69, 9.17) is 5.11 Å². The van der Waals surface area contributed by atoms with Crippen LogP contribution in [0.2, 0.25) is 0 Å². The van der Waals surface area contributed by atoms with E-state index in [1.165, 1.54) is 12.1 Å². The zero-order chi connectivity index (χ0) is 12.0. The molecule has 0 saturated carbocycles. The van der Waals surface area contributed by atoms with Gasteiger partial charge in [0.25, 0.3) is 0 Å². The van der Waals surface area contributed by atoms with Gasteiger partial charge in [-0.1, -0.05) is 18.2 Å². The number of benzene rings is 1. The molecule has 0 saturated heterocycles. The van der Waals surface area contributed by atoms with Gasteiger partial charge in [-0.2, -0.15) is 0 Å². The van der Waals surface area contributed by atoms with Crippen LogP contribution in [0, 0.1) is 17.7 Å². The van der Waals surface area contributed by atoms with Crippen LogP contribution in [0.5, 0.6) is 0 Å². The predicted molar refractivity (Wildman–Crippen MR) is 59.5 cm³/mol. The third-order valence-corrected chi connectivity index (χ3v) is 2.31. The smallest absolute Gasteiger partial charge is 0.311 e. The number of carboxylic acids is 1. The first-order valence-electron chi connectivity index (χ1n) is 5.03. The SMILES string of the molecule is CC#CCCC(C(=O)O)c1ccccc1F. The molecule has 0 aliphatic heterocycles. The van der Waals surface area contributed by atoms with Crippen LogP contribution in [0.1, 0.15) is 31.2 Å². The number of hydrogen-bond acceptors (Lipinski definition) is 1. The molecule has 0 radical (unpaired) electrons. The molecule has 84 valence electrons. The third kappa shape index (κ3) is 3.09. The Labute approximate surface area is 94.1 Å². The van der Waals surface area contributed by atoms with E-state index in [1.807, 2.05) is 0 Å². The van der Waals surface area contributed by atoms with Crippen molar-refractivity contribution in [1.82, 2.24) is 0 Å². The third-order valence-electron chi connectivity index (χ3n) is 2.31. The number of halogens is 1. The first-order valence-corrected chi connectivity index (χ1v) is 5.03. The fourth-order valence-electron chi connectivity index (χ4n) is 1.51. The Hall–Kier alpha value is -1.82. The van der Waals surface area contributed by atoms with Crippen LogP contribution in [0.15, 0.2) is 24.3 Å². The summed E-state index contributed by atoms with van der Waals surface area (Å²) in [5.41, 5.74) is 0.230. The molecule has 0 aliphatic carbocycles. The zero-order valence-electron chi connectivity index (χ0n) is 9.03. The maximum Gasteiger partial charge on any atom is 0.311 e. The van der Waals surface area contributed by atoms with Crippen molar-refractivity contribution in [1.29, 1.82) is 0 Å². The van der Waals surface area contributed by atoms with Crippen molar-refractivity contribution < 1.29 is 14.3 Å². The molecule has 0 aliphatic rings. The van der Waals surface area contributed by atoms with Gasteiger partial charge in [0, 0.05) is 12.0 Å². The Morgan fingerprint density at radius 2 is 2.19 bits per heavy atom. The van der Waals surface area contributed by atoms with Gasteiger partial charge < -0.3 is 5.11 Å². The van der Waals surface area contributed by atoms with Gasteiger partial charge in [0.15, 0.2) is 0 Å². The van der Waals surface area contributed by atoms with Crippen molar-refractivity contribution in [3.63, 3.8) is 0 Å². The van der Waals surface area contributed by atoms with Crippen molar-refractivity contribution >= 4 is 5.97 Å². The number of carboxylic acid groups (broad SMARTS) is 1. The van der Waals surface area contributed by atoms with Gasteiger partial charge in [-0.3, -0.25) is 4.79 Å². The summed E-state index contributed by atoms with van der Waals surface area (Å²) in [4.78, 5) is 11.0. The molecular weight excluding hydrogens is 207 g/mol. The van der Waals surface area contributed by atoms with E-state index in [0.717, 1.165) is 0 Å². The molecule has 2 nitrogen and oxygen atoms in total. The molecule has 16 heavy (non-hydrogen) atoms. The maximum absolute atomic E-state index is 13.4. The molecule has 1 unspecified atom stereocenters. The first-order chi connectivity index (χ1) is 7.66. The van der Waals surface area contributed by atoms with Gasteiger partial charge in [0.05, 0.1) is 5.92 Å². The van der Waals surface area contributed by atoms with E-state index >= 15 is 0 Å². The molecule has 1 N–H and O–H groups in total. The van der Waals surface area contributed by atoms with Crippen LogP contribution < -0.4 is 0 Å². The summed E-state index contributed by atoms with van der Waals surface area (Å²) < 4.78 is 13.4. The van der Waals surface area contributed by atoms with Crippen LogP contribution in [0.4, 0.5) is 4.39 Å². The lowest BCUT2D eigenvalue weighted by Crippen LogP contribution is -2.13. The molecular formula is C13H13FO2. The lowest BCUT2D eigenvalue weighted by atomic mass is 9.94. The van der Waals surface area contributed by atoms with Crippen LogP contribution in [-0.4, -0.2) is 11.1 Å². The van der Waals surface area contributed by atoms with Crippen molar-refractivity contribution in [3.05, 3.63) is 35.6 Å². The minimum absolute atomic E-state index is 0.230. The lowest BCUT2D eigenvalue weighted by molar-refractivity contribution is -0.139. The highest BCUT2D eigenvalue weighted by Crippen LogP contribution is 2.23. The topological polar surface area (TPSA) is 37.3 Å². The van der Waals surface area contributed by atoms with Crippen LogP contribution in [0.3, 0.4) is 0 Å². The Morgan fingerprint density at radius 1 is 1.50 bits per heavy atom. The monoisotopic (exact) mass is 220 g/mol. The van der Waals surface area contributed by atoms with Gasteiger partial charge in [0.1, 0.15) is 5.82 Å². The summed E-state index contributed by atoms with van der Waals surface area (Å²) in [5, 5.41) is 9.04. The van der Waals surface area contributed by atoms with Crippen LogP contribution >= 0.6 is 0 Å². The van der Waals surface area contributed by atoms with Crippen LogP contribution in [0.25, 0.3) is 0 Å². The van der Waals surface area contributed by atoms with Crippen molar-refractivity contribution in [2.24, 2.45) is 0 Å². The summed E-state index contributed by atoms with van der Waals surface area (Å²) in [5.74, 6) is 3.18. The highest BCUT2D eigenvalue weighted by Gasteiger charge is 2.21. The van der Waals surface area contributed by atoms with Crippen molar-refractivity contribution in [3.8, 4) is 11.8 Å². The second-order valence-corrected chi connectivity index (χ2v) is 3.38.